The minimum atomic E-state index is -3.92. The average molecular weight is 374 g/mol. The summed E-state index contributed by atoms with van der Waals surface area (Å²) in [6, 6.07) is 0.337. The maximum absolute atomic E-state index is 12.3. The van der Waals surface area contributed by atoms with E-state index in [1.807, 2.05) is 6.92 Å². The van der Waals surface area contributed by atoms with Crippen molar-refractivity contribution >= 4 is 50.5 Å². The fourth-order valence-corrected chi connectivity index (χ4v) is 5.00. The van der Waals surface area contributed by atoms with Gasteiger partial charge in [-0.15, -0.1) is 11.3 Å². The minimum absolute atomic E-state index is 0.0607. The Morgan fingerprint density at radius 3 is 2.57 bits per heavy atom. The molecule has 0 aliphatic rings. The quantitative estimate of drug-likeness (QED) is 0.708. The van der Waals surface area contributed by atoms with E-state index < -0.39 is 22.0 Å². The molecule has 0 aliphatic carbocycles. The van der Waals surface area contributed by atoms with Crippen LogP contribution in [0.5, 0.6) is 0 Å². The van der Waals surface area contributed by atoms with Crippen molar-refractivity contribution in [2.24, 2.45) is 0 Å². The van der Waals surface area contributed by atoms with Gasteiger partial charge in [-0.1, -0.05) is 43.0 Å². The summed E-state index contributed by atoms with van der Waals surface area (Å²) in [6.07, 6.45) is 1.90. The standard InChI is InChI=1S/C12H17Cl2NO4S2/c1-3-5-6-8(12(16)19-4-2)15-21(17,18)9-7-10(13)20-11(9)14/h7-8,15H,3-6H2,1-2H3. The number of carbonyl (C=O) groups excluding carboxylic acids is 1. The number of hydrogen-bond acceptors (Lipinski definition) is 5. The molecule has 1 heterocycles. The summed E-state index contributed by atoms with van der Waals surface area (Å²) in [7, 11) is -3.92. The van der Waals surface area contributed by atoms with Crippen LogP contribution in [0.3, 0.4) is 0 Å². The molecule has 1 rings (SSSR count). The molecule has 21 heavy (non-hydrogen) atoms. The SMILES string of the molecule is CCCCC(NS(=O)(=O)c1cc(Cl)sc1Cl)C(=O)OCC. The first kappa shape index (κ1) is 18.7. The van der Waals surface area contributed by atoms with Crippen LogP contribution in [-0.4, -0.2) is 27.0 Å². The third kappa shape index (κ3) is 5.41. The lowest BCUT2D eigenvalue weighted by Crippen LogP contribution is -2.41. The number of carbonyl (C=O) groups is 1. The van der Waals surface area contributed by atoms with Crippen LogP contribution in [-0.2, 0) is 19.6 Å². The van der Waals surface area contributed by atoms with E-state index in [-0.39, 0.29) is 20.2 Å². The molecule has 0 saturated carbocycles. The highest BCUT2D eigenvalue weighted by molar-refractivity contribution is 7.89. The second-order valence-electron chi connectivity index (χ2n) is 4.26. The second kappa shape index (κ2) is 8.33. The predicted octanol–water partition coefficient (Wildman–Crippen LogP) is 3.46. The Morgan fingerprint density at radius 1 is 1.43 bits per heavy atom. The third-order valence-electron chi connectivity index (χ3n) is 2.63. The zero-order chi connectivity index (χ0) is 16.0. The van der Waals surface area contributed by atoms with Crippen molar-refractivity contribution in [2.45, 2.75) is 44.0 Å². The van der Waals surface area contributed by atoms with Crippen LogP contribution in [0.15, 0.2) is 11.0 Å². The molecule has 9 heteroatoms. The Kier molecular flexibility index (Phi) is 7.42. The Balaban J connectivity index is 2.95. The lowest BCUT2D eigenvalue weighted by molar-refractivity contribution is -0.145. The van der Waals surface area contributed by atoms with Crippen molar-refractivity contribution in [1.82, 2.24) is 4.72 Å². The topological polar surface area (TPSA) is 72.5 Å². The van der Waals surface area contributed by atoms with E-state index in [1.54, 1.807) is 6.92 Å². The van der Waals surface area contributed by atoms with Crippen molar-refractivity contribution in [3.63, 3.8) is 0 Å². The van der Waals surface area contributed by atoms with E-state index in [9.17, 15) is 13.2 Å². The Labute approximate surface area is 138 Å². The number of ether oxygens (including phenoxy) is 1. The molecule has 1 aromatic rings. The second-order valence-corrected chi connectivity index (χ2v) is 8.22. The highest BCUT2D eigenvalue weighted by Gasteiger charge is 2.28. The molecule has 120 valence electrons. The van der Waals surface area contributed by atoms with Gasteiger partial charge >= 0.3 is 5.97 Å². The highest BCUT2D eigenvalue weighted by atomic mass is 35.5. The Hall–Kier alpha value is -0.340. The van der Waals surface area contributed by atoms with Crippen molar-refractivity contribution < 1.29 is 17.9 Å². The number of sulfonamides is 1. The van der Waals surface area contributed by atoms with Crippen molar-refractivity contribution in [3.05, 3.63) is 14.7 Å². The summed E-state index contributed by atoms with van der Waals surface area (Å²) in [5.41, 5.74) is 0. The number of esters is 1. The van der Waals surface area contributed by atoms with Gasteiger partial charge in [-0.25, -0.2) is 8.42 Å². The molecule has 0 spiro atoms. The van der Waals surface area contributed by atoms with Gasteiger partial charge in [0, 0.05) is 0 Å². The molecule has 1 unspecified atom stereocenters. The van der Waals surface area contributed by atoms with Crippen molar-refractivity contribution in [3.8, 4) is 0 Å². The molecule has 1 N–H and O–H groups in total. The monoisotopic (exact) mass is 373 g/mol. The number of thiophene rings is 1. The molecule has 0 amide bonds. The van der Waals surface area contributed by atoms with Gasteiger partial charge in [-0.2, -0.15) is 4.72 Å². The summed E-state index contributed by atoms with van der Waals surface area (Å²) in [5.74, 6) is -0.591. The van der Waals surface area contributed by atoms with Crippen LogP contribution in [0, 0.1) is 0 Å². The molecule has 0 aliphatic heterocycles. The van der Waals surface area contributed by atoms with Crippen LogP contribution in [0.25, 0.3) is 0 Å². The Morgan fingerprint density at radius 2 is 2.10 bits per heavy atom. The first-order chi connectivity index (χ1) is 9.81. The first-order valence-electron chi connectivity index (χ1n) is 6.45. The van der Waals surface area contributed by atoms with Gasteiger partial charge in [0.15, 0.2) is 0 Å². The molecule has 0 saturated heterocycles. The first-order valence-corrected chi connectivity index (χ1v) is 9.51. The molecule has 5 nitrogen and oxygen atoms in total. The number of nitrogens with one attached hydrogen (secondary N) is 1. The fraction of sp³-hybridized carbons (Fsp3) is 0.583. The van der Waals surface area contributed by atoms with Crippen molar-refractivity contribution in [1.29, 1.82) is 0 Å². The summed E-state index contributed by atoms with van der Waals surface area (Å²) in [6.45, 7) is 3.80. The molecule has 0 fully saturated rings. The van der Waals surface area contributed by atoms with Crippen LogP contribution >= 0.6 is 34.5 Å². The molecular weight excluding hydrogens is 357 g/mol. The number of rotatable bonds is 8. The van der Waals surface area contributed by atoms with Crippen LogP contribution in [0.4, 0.5) is 0 Å². The van der Waals surface area contributed by atoms with E-state index in [1.165, 1.54) is 6.07 Å². The van der Waals surface area contributed by atoms with Gasteiger partial charge < -0.3 is 4.74 Å². The zero-order valence-corrected chi connectivity index (χ0v) is 14.8. The van der Waals surface area contributed by atoms with Gasteiger partial charge in [-0.05, 0) is 19.4 Å². The molecule has 0 aromatic carbocycles. The van der Waals surface area contributed by atoms with Gasteiger partial charge in [0.1, 0.15) is 15.3 Å². The van der Waals surface area contributed by atoms with Crippen LogP contribution in [0.2, 0.25) is 8.67 Å². The molecule has 0 bridgehead atoms. The zero-order valence-electron chi connectivity index (χ0n) is 11.7. The molecular formula is C12H17Cl2NO4S2. The van der Waals surface area contributed by atoms with Crippen molar-refractivity contribution in [2.75, 3.05) is 6.61 Å². The van der Waals surface area contributed by atoms with E-state index >= 15 is 0 Å². The van der Waals surface area contributed by atoms with Gasteiger partial charge in [-0.3, -0.25) is 4.79 Å². The number of unbranched alkanes of at least 4 members (excludes halogenated alkanes) is 1. The van der Waals surface area contributed by atoms with E-state index in [4.69, 9.17) is 27.9 Å². The summed E-state index contributed by atoms with van der Waals surface area (Å²) in [5, 5.41) is 0. The lowest BCUT2D eigenvalue weighted by Gasteiger charge is -2.16. The van der Waals surface area contributed by atoms with E-state index in [2.05, 4.69) is 4.72 Å². The Bertz CT molecular complexity index is 586. The summed E-state index contributed by atoms with van der Waals surface area (Å²) < 4.78 is 32.2. The van der Waals surface area contributed by atoms with Gasteiger partial charge in [0.2, 0.25) is 10.0 Å². The van der Waals surface area contributed by atoms with Gasteiger partial charge in [0.05, 0.1) is 10.9 Å². The van der Waals surface area contributed by atoms with Gasteiger partial charge in [0.25, 0.3) is 0 Å². The molecule has 1 aromatic heterocycles. The fourth-order valence-electron chi connectivity index (χ4n) is 1.64. The number of halogens is 2. The van der Waals surface area contributed by atoms with Crippen LogP contribution < -0.4 is 4.72 Å². The number of hydrogen-bond donors (Lipinski definition) is 1. The minimum Gasteiger partial charge on any atom is -0.465 e. The molecule has 0 radical (unpaired) electrons. The highest BCUT2D eigenvalue weighted by Crippen LogP contribution is 2.34. The average Bonchev–Trinajstić information content (AvgIpc) is 2.74. The smallest absolute Gasteiger partial charge is 0.324 e. The van der Waals surface area contributed by atoms with Crippen LogP contribution in [0.1, 0.15) is 33.1 Å². The predicted molar refractivity (Wildman–Crippen MR) is 84.6 cm³/mol. The summed E-state index contributed by atoms with van der Waals surface area (Å²) in [4.78, 5) is 11.7. The van der Waals surface area contributed by atoms with E-state index in [0.29, 0.717) is 12.8 Å². The largest absolute Gasteiger partial charge is 0.465 e. The summed E-state index contributed by atoms with van der Waals surface area (Å²) >= 11 is 12.6. The normalized spacial score (nSPS) is 13.1. The maximum Gasteiger partial charge on any atom is 0.324 e. The lowest BCUT2D eigenvalue weighted by atomic mass is 10.1. The molecule has 1 atom stereocenters. The maximum atomic E-state index is 12.3. The third-order valence-corrected chi connectivity index (χ3v) is 5.85. The van der Waals surface area contributed by atoms with E-state index in [0.717, 1.165) is 17.8 Å².